The standard InChI is InChI=1S/C15H21N3/c16-15(7-2-1-3-8-15)13-5-4-6-14(11-13)18-10-9-17-12-18/h4-6,11-12H,1-3,7-10,16H2. The molecule has 1 fully saturated rings. The number of nitrogens with zero attached hydrogens (tertiary/aromatic N) is 2. The van der Waals surface area contributed by atoms with E-state index < -0.39 is 0 Å². The van der Waals surface area contributed by atoms with Gasteiger partial charge in [0.05, 0.1) is 12.9 Å². The van der Waals surface area contributed by atoms with Gasteiger partial charge in [0.15, 0.2) is 0 Å². The molecule has 0 amide bonds. The van der Waals surface area contributed by atoms with Gasteiger partial charge in [-0.15, -0.1) is 0 Å². The highest BCUT2D eigenvalue weighted by Gasteiger charge is 2.29. The molecule has 1 aliphatic heterocycles. The van der Waals surface area contributed by atoms with E-state index in [-0.39, 0.29) is 5.54 Å². The number of hydrogen-bond donors (Lipinski definition) is 1. The Balaban J connectivity index is 1.87. The fraction of sp³-hybridized carbons (Fsp3) is 0.533. The summed E-state index contributed by atoms with van der Waals surface area (Å²) >= 11 is 0. The smallest absolute Gasteiger partial charge is 0.0895 e. The summed E-state index contributed by atoms with van der Waals surface area (Å²) in [6.45, 7) is 1.89. The zero-order valence-electron chi connectivity index (χ0n) is 10.8. The molecular weight excluding hydrogens is 222 g/mol. The van der Waals surface area contributed by atoms with Gasteiger partial charge in [0.25, 0.3) is 0 Å². The van der Waals surface area contributed by atoms with Crippen molar-refractivity contribution in [1.29, 1.82) is 0 Å². The lowest BCUT2D eigenvalue weighted by Gasteiger charge is -2.34. The van der Waals surface area contributed by atoms with Gasteiger partial charge in [-0.2, -0.15) is 0 Å². The number of nitrogens with two attached hydrogens (primary N) is 1. The van der Waals surface area contributed by atoms with Crippen LogP contribution in [0.2, 0.25) is 0 Å². The van der Waals surface area contributed by atoms with Crippen molar-refractivity contribution in [3.63, 3.8) is 0 Å². The zero-order chi connectivity index (χ0) is 12.4. The van der Waals surface area contributed by atoms with E-state index >= 15 is 0 Å². The molecule has 0 unspecified atom stereocenters. The first kappa shape index (κ1) is 11.7. The predicted octanol–water partition coefficient (Wildman–Crippen LogP) is 2.65. The molecule has 1 aromatic carbocycles. The zero-order valence-corrected chi connectivity index (χ0v) is 10.8. The Morgan fingerprint density at radius 1 is 1.17 bits per heavy atom. The summed E-state index contributed by atoms with van der Waals surface area (Å²) in [4.78, 5) is 6.47. The second kappa shape index (κ2) is 4.73. The molecule has 0 aromatic heterocycles. The Bertz CT molecular complexity index is 447. The van der Waals surface area contributed by atoms with Crippen molar-refractivity contribution in [2.24, 2.45) is 10.7 Å². The van der Waals surface area contributed by atoms with Crippen LogP contribution in [0.3, 0.4) is 0 Å². The molecule has 0 saturated heterocycles. The molecule has 0 spiro atoms. The van der Waals surface area contributed by atoms with Crippen LogP contribution in [0.1, 0.15) is 37.7 Å². The van der Waals surface area contributed by atoms with Gasteiger partial charge in [-0.1, -0.05) is 31.4 Å². The third-order valence-corrected chi connectivity index (χ3v) is 4.19. The van der Waals surface area contributed by atoms with E-state index in [1.54, 1.807) is 0 Å². The van der Waals surface area contributed by atoms with Crippen LogP contribution in [0.4, 0.5) is 5.69 Å². The van der Waals surface area contributed by atoms with Gasteiger partial charge >= 0.3 is 0 Å². The fourth-order valence-electron chi connectivity index (χ4n) is 3.04. The van der Waals surface area contributed by atoms with Gasteiger partial charge in [-0.25, -0.2) is 0 Å². The van der Waals surface area contributed by atoms with Crippen molar-refractivity contribution in [2.45, 2.75) is 37.6 Å². The van der Waals surface area contributed by atoms with Gasteiger partial charge < -0.3 is 10.6 Å². The first-order chi connectivity index (χ1) is 8.78. The molecule has 18 heavy (non-hydrogen) atoms. The van der Waals surface area contributed by atoms with E-state index in [1.165, 1.54) is 30.5 Å². The topological polar surface area (TPSA) is 41.6 Å². The summed E-state index contributed by atoms with van der Waals surface area (Å²) in [5.41, 5.74) is 9.01. The minimum Gasteiger partial charge on any atom is -0.331 e. The van der Waals surface area contributed by atoms with E-state index in [0.717, 1.165) is 25.9 Å². The highest BCUT2D eigenvalue weighted by Crippen LogP contribution is 2.36. The van der Waals surface area contributed by atoms with Crippen LogP contribution in [0, 0.1) is 0 Å². The average molecular weight is 243 g/mol. The van der Waals surface area contributed by atoms with Crippen LogP contribution >= 0.6 is 0 Å². The van der Waals surface area contributed by atoms with Crippen LogP contribution < -0.4 is 10.6 Å². The third kappa shape index (κ3) is 2.15. The molecule has 1 heterocycles. The van der Waals surface area contributed by atoms with Crippen molar-refractivity contribution < 1.29 is 0 Å². The SMILES string of the molecule is NC1(c2cccc(N3C=NCC3)c2)CCCCC1. The van der Waals surface area contributed by atoms with Gasteiger partial charge in [-0.3, -0.25) is 4.99 Å². The maximum absolute atomic E-state index is 6.60. The van der Waals surface area contributed by atoms with Crippen molar-refractivity contribution in [1.82, 2.24) is 0 Å². The fourth-order valence-corrected chi connectivity index (χ4v) is 3.04. The van der Waals surface area contributed by atoms with Crippen molar-refractivity contribution >= 4 is 12.0 Å². The maximum Gasteiger partial charge on any atom is 0.0895 e. The van der Waals surface area contributed by atoms with Crippen molar-refractivity contribution in [3.05, 3.63) is 29.8 Å². The minimum atomic E-state index is -0.106. The van der Waals surface area contributed by atoms with Crippen molar-refractivity contribution in [2.75, 3.05) is 18.0 Å². The maximum atomic E-state index is 6.60. The molecule has 3 rings (SSSR count). The molecule has 96 valence electrons. The normalized spacial score (nSPS) is 22.4. The lowest BCUT2D eigenvalue weighted by Crippen LogP contribution is -2.38. The van der Waals surface area contributed by atoms with E-state index in [2.05, 4.69) is 34.2 Å². The second-order valence-electron chi connectivity index (χ2n) is 5.48. The van der Waals surface area contributed by atoms with Crippen LogP contribution in [0.15, 0.2) is 29.3 Å². The van der Waals surface area contributed by atoms with Gasteiger partial charge in [-0.05, 0) is 30.5 Å². The minimum absolute atomic E-state index is 0.106. The van der Waals surface area contributed by atoms with Crippen LogP contribution in [-0.4, -0.2) is 19.4 Å². The van der Waals surface area contributed by atoms with Crippen LogP contribution in [0.25, 0.3) is 0 Å². The quantitative estimate of drug-likeness (QED) is 0.867. The lowest BCUT2D eigenvalue weighted by molar-refractivity contribution is 0.302. The molecule has 0 bridgehead atoms. The molecule has 1 aliphatic carbocycles. The molecule has 2 N–H and O–H groups in total. The van der Waals surface area contributed by atoms with Crippen LogP contribution in [-0.2, 0) is 5.54 Å². The summed E-state index contributed by atoms with van der Waals surface area (Å²) in [7, 11) is 0. The lowest BCUT2D eigenvalue weighted by atomic mass is 9.77. The molecule has 1 saturated carbocycles. The number of anilines is 1. The number of benzene rings is 1. The van der Waals surface area contributed by atoms with Gasteiger partial charge in [0, 0.05) is 17.8 Å². The molecular formula is C15H21N3. The second-order valence-corrected chi connectivity index (χ2v) is 5.48. The first-order valence-electron chi connectivity index (χ1n) is 6.94. The predicted molar refractivity (Wildman–Crippen MR) is 76.1 cm³/mol. The molecule has 0 atom stereocenters. The summed E-state index contributed by atoms with van der Waals surface area (Å²) in [6.07, 6.45) is 8.01. The van der Waals surface area contributed by atoms with E-state index in [4.69, 9.17) is 5.73 Å². The summed E-state index contributed by atoms with van der Waals surface area (Å²) in [5.74, 6) is 0. The van der Waals surface area contributed by atoms with Crippen molar-refractivity contribution in [3.8, 4) is 0 Å². The monoisotopic (exact) mass is 243 g/mol. The van der Waals surface area contributed by atoms with Gasteiger partial charge in [0.2, 0.25) is 0 Å². The average Bonchev–Trinajstić information content (AvgIpc) is 2.94. The molecule has 0 radical (unpaired) electrons. The Hall–Kier alpha value is -1.35. The Morgan fingerprint density at radius 3 is 2.72 bits per heavy atom. The summed E-state index contributed by atoms with van der Waals surface area (Å²) < 4.78 is 0. The van der Waals surface area contributed by atoms with Crippen LogP contribution in [0.5, 0.6) is 0 Å². The highest BCUT2D eigenvalue weighted by molar-refractivity contribution is 5.81. The third-order valence-electron chi connectivity index (χ3n) is 4.19. The first-order valence-corrected chi connectivity index (χ1v) is 6.94. The largest absolute Gasteiger partial charge is 0.331 e. The molecule has 2 aliphatic rings. The number of rotatable bonds is 2. The molecule has 3 heteroatoms. The highest BCUT2D eigenvalue weighted by atomic mass is 15.2. The van der Waals surface area contributed by atoms with E-state index in [1.807, 2.05) is 6.34 Å². The number of hydrogen-bond acceptors (Lipinski definition) is 3. The number of aliphatic imine (C=N–C) groups is 1. The summed E-state index contributed by atoms with van der Waals surface area (Å²) in [6, 6.07) is 8.71. The van der Waals surface area contributed by atoms with E-state index in [0.29, 0.717) is 0 Å². The Kier molecular flexibility index (Phi) is 3.08. The van der Waals surface area contributed by atoms with Gasteiger partial charge in [0.1, 0.15) is 0 Å². The Morgan fingerprint density at radius 2 is 2.00 bits per heavy atom. The van der Waals surface area contributed by atoms with E-state index in [9.17, 15) is 0 Å². The molecule has 1 aromatic rings. The Labute approximate surface area is 109 Å². The molecule has 3 nitrogen and oxygen atoms in total. The summed E-state index contributed by atoms with van der Waals surface area (Å²) in [5, 5.41) is 0.